The molecule has 0 aromatic heterocycles. The third-order valence-corrected chi connectivity index (χ3v) is 2.33. The predicted octanol–water partition coefficient (Wildman–Crippen LogP) is 2.27. The SMILES string of the molecule is NC(=O)OCC(=O)c1ccc(Cl)c(Cl)c1. The number of nitrogens with two attached hydrogens (primary N) is 1. The lowest BCUT2D eigenvalue weighted by Crippen LogP contribution is -2.18. The molecule has 1 aromatic carbocycles. The second kappa shape index (κ2) is 5.00. The number of rotatable bonds is 3. The zero-order valence-corrected chi connectivity index (χ0v) is 9.01. The second-order valence-electron chi connectivity index (χ2n) is 2.66. The zero-order valence-electron chi connectivity index (χ0n) is 7.50. The Morgan fingerprint density at radius 3 is 2.47 bits per heavy atom. The Labute approximate surface area is 95.9 Å². The van der Waals surface area contributed by atoms with Gasteiger partial charge in [0.15, 0.2) is 12.4 Å². The van der Waals surface area contributed by atoms with Crippen LogP contribution in [0.4, 0.5) is 4.79 Å². The summed E-state index contributed by atoms with van der Waals surface area (Å²) in [5.74, 6) is -0.396. The number of halogens is 2. The number of Topliss-reactive ketones (excluding diaryl/α,β-unsaturated/α-hetero) is 1. The molecule has 0 unspecified atom stereocenters. The van der Waals surface area contributed by atoms with Crippen LogP contribution < -0.4 is 5.73 Å². The van der Waals surface area contributed by atoms with Crippen molar-refractivity contribution in [3.8, 4) is 0 Å². The molecule has 0 atom stereocenters. The van der Waals surface area contributed by atoms with Crippen molar-refractivity contribution in [2.75, 3.05) is 6.61 Å². The molecule has 0 fully saturated rings. The van der Waals surface area contributed by atoms with E-state index in [-0.39, 0.29) is 5.02 Å². The minimum absolute atomic E-state index is 0.265. The first-order valence-electron chi connectivity index (χ1n) is 3.91. The quantitative estimate of drug-likeness (QED) is 0.834. The third kappa shape index (κ3) is 3.42. The van der Waals surface area contributed by atoms with Gasteiger partial charge in [-0.05, 0) is 18.2 Å². The van der Waals surface area contributed by atoms with E-state index in [0.29, 0.717) is 10.6 Å². The Balaban J connectivity index is 2.74. The van der Waals surface area contributed by atoms with Crippen molar-refractivity contribution in [1.29, 1.82) is 0 Å². The lowest BCUT2D eigenvalue weighted by Gasteiger charge is -2.02. The number of carbonyl (C=O) groups is 2. The smallest absolute Gasteiger partial charge is 0.404 e. The third-order valence-electron chi connectivity index (χ3n) is 1.59. The number of benzene rings is 1. The number of carbonyl (C=O) groups excluding carboxylic acids is 2. The van der Waals surface area contributed by atoms with E-state index in [1.807, 2.05) is 0 Å². The summed E-state index contributed by atoms with van der Waals surface area (Å²) in [6.45, 7) is -0.409. The molecule has 0 saturated heterocycles. The highest BCUT2D eigenvalue weighted by molar-refractivity contribution is 6.42. The summed E-state index contributed by atoms with van der Waals surface area (Å²) >= 11 is 11.4. The van der Waals surface area contributed by atoms with E-state index in [9.17, 15) is 9.59 Å². The van der Waals surface area contributed by atoms with E-state index >= 15 is 0 Å². The van der Waals surface area contributed by atoms with Crippen molar-refractivity contribution < 1.29 is 14.3 Å². The minimum atomic E-state index is -0.997. The summed E-state index contributed by atoms with van der Waals surface area (Å²) in [5, 5.41) is 0.616. The van der Waals surface area contributed by atoms with Crippen LogP contribution in [0.15, 0.2) is 18.2 Å². The van der Waals surface area contributed by atoms with Crippen molar-refractivity contribution in [3.05, 3.63) is 33.8 Å². The van der Waals surface area contributed by atoms with Crippen LogP contribution in [0.2, 0.25) is 10.0 Å². The Morgan fingerprint density at radius 2 is 1.93 bits per heavy atom. The maximum atomic E-state index is 11.4. The molecule has 0 heterocycles. The van der Waals surface area contributed by atoms with E-state index in [0.717, 1.165) is 0 Å². The standard InChI is InChI=1S/C9H7Cl2NO3/c10-6-2-1-5(3-7(6)11)8(13)4-15-9(12)14/h1-3H,4H2,(H2,12,14). The zero-order chi connectivity index (χ0) is 11.4. The first kappa shape index (κ1) is 11.8. The average molecular weight is 248 g/mol. The van der Waals surface area contributed by atoms with E-state index < -0.39 is 18.5 Å². The monoisotopic (exact) mass is 247 g/mol. The Morgan fingerprint density at radius 1 is 1.27 bits per heavy atom. The van der Waals surface area contributed by atoms with Crippen LogP contribution in [0.1, 0.15) is 10.4 Å². The topological polar surface area (TPSA) is 69.4 Å². The van der Waals surface area contributed by atoms with Crippen molar-refractivity contribution in [2.24, 2.45) is 5.73 Å². The van der Waals surface area contributed by atoms with Crippen LogP contribution in [0.3, 0.4) is 0 Å². The fraction of sp³-hybridized carbons (Fsp3) is 0.111. The fourth-order valence-corrected chi connectivity index (χ4v) is 1.19. The van der Waals surface area contributed by atoms with Crippen LogP contribution in [-0.2, 0) is 4.74 Å². The molecule has 1 amide bonds. The van der Waals surface area contributed by atoms with Crippen LogP contribution >= 0.6 is 23.2 Å². The summed E-state index contributed by atoms with van der Waals surface area (Å²) in [6.07, 6.45) is -0.997. The molecule has 0 saturated carbocycles. The number of hydrogen-bond acceptors (Lipinski definition) is 3. The second-order valence-corrected chi connectivity index (χ2v) is 3.47. The number of primary amides is 1. The van der Waals surface area contributed by atoms with Gasteiger partial charge in [0.2, 0.25) is 0 Å². The molecule has 80 valence electrons. The summed E-state index contributed by atoms with van der Waals surface area (Å²) in [5.41, 5.74) is 5.02. The van der Waals surface area contributed by atoms with Gasteiger partial charge < -0.3 is 10.5 Å². The largest absolute Gasteiger partial charge is 0.441 e. The molecule has 4 nitrogen and oxygen atoms in total. The molecule has 2 N–H and O–H groups in total. The number of ketones is 1. The van der Waals surface area contributed by atoms with Gasteiger partial charge in [-0.2, -0.15) is 0 Å². The molecule has 15 heavy (non-hydrogen) atoms. The van der Waals surface area contributed by atoms with Crippen LogP contribution in [0, 0.1) is 0 Å². The fourth-order valence-electron chi connectivity index (χ4n) is 0.890. The summed E-state index contributed by atoms with van der Waals surface area (Å²) in [4.78, 5) is 21.6. The number of ether oxygens (including phenoxy) is 1. The van der Waals surface area contributed by atoms with Crippen molar-refractivity contribution in [2.45, 2.75) is 0 Å². The highest BCUT2D eigenvalue weighted by Crippen LogP contribution is 2.22. The van der Waals surface area contributed by atoms with Gasteiger partial charge in [0, 0.05) is 5.56 Å². The van der Waals surface area contributed by atoms with Gasteiger partial charge in [-0.15, -0.1) is 0 Å². The maximum Gasteiger partial charge on any atom is 0.404 e. The molecule has 1 rings (SSSR count). The maximum absolute atomic E-state index is 11.4. The van der Waals surface area contributed by atoms with Gasteiger partial charge in [0.1, 0.15) is 0 Å². The normalized spacial score (nSPS) is 9.73. The van der Waals surface area contributed by atoms with Gasteiger partial charge in [0.05, 0.1) is 10.0 Å². The minimum Gasteiger partial charge on any atom is -0.441 e. The molecule has 0 radical (unpaired) electrons. The molecule has 1 aromatic rings. The van der Waals surface area contributed by atoms with Crippen molar-refractivity contribution in [3.63, 3.8) is 0 Å². The predicted molar refractivity (Wildman–Crippen MR) is 56.3 cm³/mol. The van der Waals surface area contributed by atoms with Crippen LogP contribution in [0.5, 0.6) is 0 Å². The van der Waals surface area contributed by atoms with Crippen molar-refractivity contribution >= 4 is 35.1 Å². The van der Waals surface area contributed by atoms with Crippen LogP contribution in [0.25, 0.3) is 0 Å². The first-order chi connectivity index (χ1) is 7.00. The Kier molecular flexibility index (Phi) is 3.94. The lowest BCUT2D eigenvalue weighted by molar-refractivity contribution is 0.0857. The summed E-state index contributed by atoms with van der Waals surface area (Å²) < 4.78 is 4.34. The van der Waals surface area contributed by atoms with Gasteiger partial charge in [-0.25, -0.2) is 4.79 Å². The molecule has 0 bridgehead atoms. The van der Waals surface area contributed by atoms with E-state index in [1.54, 1.807) is 0 Å². The lowest BCUT2D eigenvalue weighted by atomic mass is 10.1. The van der Waals surface area contributed by atoms with Gasteiger partial charge in [-0.1, -0.05) is 23.2 Å². The first-order valence-corrected chi connectivity index (χ1v) is 4.67. The Hall–Kier alpha value is -1.26. The van der Waals surface area contributed by atoms with Gasteiger partial charge in [-0.3, -0.25) is 4.79 Å². The van der Waals surface area contributed by atoms with Gasteiger partial charge in [0.25, 0.3) is 0 Å². The van der Waals surface area contributed by atoms with E-state index in [1.165, 1.54) is 18.2 Å². The highest BCUT2D eigenvalue weighted by Gasteiger charge is 2.09. The van der Waals surface area contributed by atoms with Crippen LogP contribution in [-0.4, -0.2) is 18.5 Å². The Bertz CT molecular complexity index is 406. The number of amides is 1. The molecule has 0 aliphatic carbocycles. The molecular formula is C9H7Cl2NO3. The summed E-state index contributed by atoms with van der Waals surface area (Å²) in [6, 6.07) is 4.37. The number of hydrogen-bond donors (Lipinski definition) is 1. The molecule has 0 aliphatic heterocycles. The summed E-state index contributed by atoms with van der Waals surface area (Å²) in [7, 11) is 0. The molecule has 6 heteroatoms. The molecule has 0 aliphatic rings. The molecule has 0 spiro atoms. The molecular weight excluding hydrogens is 241 g/mol. The van der Waals surface area contributed by atoms with E-state index in [2.05, 4.69) is 4.74 Å². The average Bonchev–Trinajstić information content (AvgIpc) is 2.18. The van der Waals surface area contributed by atoms with E-state index in [4.69, 9.17) is 28.9 Å². The van der Waals surface area contributed by atoms with Gasteiger partial charge >= 0.3 is 6.09 Å². The highest BCUT2D eigenvalue weighted by atomic mass is 35.5. The van der Waals surface area contributed by atoms with Crippen molar-refractivity contribution in [1.82, 2.24) is 0 Å².